The van der Waals surface area contributed by atoms with Crippen molar-refractivity contribution in [2.24, 2.45) is 17.2 Å². The Morgan fingerprint density at radius 2 is 2.16 bits per heavy atom. The van der Waals surface area contributed by atoms with Crippen LogP contribution in [0.25, 0.3) is 12.7 Å². The van der Waals surface area contributed by atoms with Gasteiger partial charge in [0.2, 0.25) is 0 Å². The first-order valence-corrected chi connectivity index (χ1v) is 7.68. The summed E-state index contributed by atoms with van der Waals surface area (Å²) >= 11 is 0. The van der Waals surface area contributed by atoms with Gasteiger partial charge < -0.3 is 26.3 Å². The third-order valence-electron chi connectivity index (χ3n) is 3.49. The normalized spacial score (nSPS) is 12.6. The summed E-state index contributed by atoms with van der Waals surface area (Å²) < 4.78 is 0. The molecule has 134 valence electrons. The van der Waals surface area contributed by atoms with Gasteiger partial charge in [0.15, 0.2) is 5.95 Å². The minimum absolute atomic E-state index is 0.135. The van der Waals surface area contributed by atoms with Gasteiger partial charge in [-0.1, -0.05) is 13.2 Å². The van der Waals surface area contributed by atoms with Crippen molar-refractivity contribution in [3.63, 3.8) is 0 Å². The Morgan fingerprint density at radius 3 is 2.76 bits per heavy atom. The Bertz CT molecular complexity index is 855. The SMILES string of the molecule is C=C(N)NC/C=c1\[nH]c(=C)nc1C(C[NH+]=C(N)N)c1cnc(NC)[nH]1. The van der Waals surface area contributed by atoms with Crippen LogP contribution in [-0.2, 0) is 0 Å². The zero-order valence-electron chi connectivity index (χ0n) is 14.2. The number of hydrogen-bond donors (Lipinski definition) is 8. The van der Waals surface area contributed by atoms with E-state index in [1.165, 1.54) is 0 Å². The quantitative estimate of drug-likeness (QED) is 0.177. The summed E-state index contributed by atoms with van der Waals surface area (Å²) in [6.07, 6.45) is 3.67. The van der Waals surface area contributed by atoms with Gasteiger partial charge in [-0.15, -0.1) is 0 Å². The summed E-state index contributed by atoms with van der Waals surface area (Å²) in [7, 11) is 1.79. The van der Waals surface area contributed by atoms with Gasteiger partial charge in [-0.3, -0.25) is 16.5 Å². The second-order valence-corrected chi connectivity index (χ2v) is 5.42. The van der Waals surface area contributed by atoms with E-state index in [0.29, 0.717) is 30.3 Å². The van der Waals surface area contributed by atoms with Crippen LogP contribution in [0.5, 0.6) is 0 Å². The van der Waals surface area contributed by atoms with Crippen LogP contribution in [-0.4, -0.2) is 46.0 Å². The van der Waals surface area contributed by atoms with E-state index in [1.807, 2.05) is 6.08 Å². The number of hydrogen-bond acceptors (Lipinski definition) is 5. The summed E-state index contributed by atoms with van der Waals surface area (Å²) in [5, 5.41) is 6.72. The van der Waals surface area contributed by atoms with Crippen LogP contribution < -0.4 is 43.7 Å². The largest absolute Gasteiger partial charge is 0.386 e. The van der Waals surface area contributed by atoms with Gasteiger partial charge in [0.1, 0.15) is 5.48 Å². The summed E-state index contributed by atoms with van der Waals surface area (Å²) in [5.74, 6) is 1.01. The van der Waals surface area contributed by atoms with Crippen molar-refractivity contribution in [3.05, 3.63) is 40.8 Å². The monoisotopic (exact) mass is 345 g/mol. The van der Waals surface area contributed by atoms with Gasteiger partial charge in [0.05, 0.1) is 35.5 Å². The van der Waals surface area contributed by atoms with E-state index in [0.717, 1.165) is 16.7 Å². The van der Waals surface area contributed by atoms with E-state index in [4.69, 9.17) is 17.2 Å². The highest BCUT2D eigenvalue weighted by Crippen LogP contribution is 2.17. The van der Waals surface area contributed by atoms with Gasteiger partial charge in [-0.25, -0.2) is 9.97 Å². The van der Waals surface area contributed by atoms with E-state index < -0.39 is 0 Å². The molecule has 0 amide bonds. The molecule has 0 radical (unpaired) electrons. The molecule has 0 aliphatic rings. The highest BCUT2D eigenvalue weighted by molar-refractivity contribution is 5.69. The third-order valence-corrected chi connectivity index (χ3v) is 3.49. The van der Waals surface area contributed by atoms with Gasteiger partial charge in [0, 0.05) is 19.3 Å². The number of nitrogens with one attached hydrogen (secondary N) is 5. The molecule has 0 aliphatic heterocycles. The summed E-state index contributed by atoms with van der Waals surface area (Å²) in [6.45, 7) is 8.42. The maximum absolute atomic E-state index is 5.55. The molecular weight excluding hydrogens is 320 g/mol. The lowest BCUT2D eigenvalue weighted by Gasteiger charge is -2.10. The first-order valence-electron chi connectivity index (χ1n) is 7.68. The molecule has 2 aromatic rings. The summed E-state index contributed by atoms with van der Waals surface area (Å²) in [4.78, 5) is 18.1. The third kappa shape index (κ3) is 4.77. The number of anilines is 1. The van der Waals surface area contributed by atoms with Crippen molar-refractivity contribution in [1.82, 2.24) is 25.3 Å². The lowest BCUT2D eigenvalue weighted by molar-refractivity contribution is -0.461. The van der Waals surface area contributed by atoms with E-state index in [-0.39, 0.29) is 11.9 Å². The number of aromatic nitrogens is 4. The first kappa shape index (κ1) is 17.9. The molecule has 0 saturated carbocycles. The number of imidazole rings is 2. The highest BCUT2D eigenvalue weighted by Gasteiger charge is 2.21. The van der Waals surface area contributed by atoms with Crippen LogP contribution in [0.3, 0.4) is 0 Å². The second kappa shape index (κ2) is 7.90. The van der Waals surface area contributed by atoms with Crippen molar-refractivity contribution < 1.29 is 4.99 Å². The van der Waals surface area contributed by atoms with Crippen molar-refractivity contribution in [2.75, 3.05) is 25.5 Å². The topological polar surface area (TPSA) is 173 Å². The molecule has 0 bridgehead atoms. The number of guanidine groups is 1. The van der Waals surface area contributed by atoms with E-state index in [1.54, 1.807) is 13.2 Å². The molecule has 10 heteroatoms. The van der Waals surface area contributed by atoms with Crippen LogP contribution in [0, 0.1) is 0 Å². The number of H-pyrrole nitrogens is 2. The molecule has 2 rings (SSSR count). The fourth-order valence-electron chi connectivity index (χ4n) is 2.37. The van der Waals surface area contributed by atoms with Gasteiger partial charge in [0.25, 0.3) is 0 Å². The van der Waals surface area contributed by atoms with Crippen LogP contribution in [0.1, 0.15) is 17.3 Å². The number of nitrogens with two attached hydrogens (primary N) is 3. The predicted octanol–water partition coefficient (Wildman–Crippen LogP) is -4.13. The Balaban J connectivity index is 2.44. The highest BCUT2D eigenvalue weighted by atomic mass is 15.1. The smallest absolute Gasteiger partial charge is 0.338 e. The first-order chi connectivity index (χ1) is 11.9. The molecule has 25 heavy (non-hydrogen) atoms. The molecule has 11 N–H and O–H groups in total. The maximum atomic E-state index is 5.55. The molecule has 1 atom stereocenters. The fraction of sp³-hybridized carbons (Fsp3) is 0.267. The van der Waals surface area contributed by atoms with Crippen molar-refractivity contribution in [3.8, 4) is 0 Å². The number of rotatable bonds is 8. The average Bonchev–Trinajstić information content (AvgIpc) is 3.14. The molecule has 0 saturated heterocycles. The van der Waals surface area contributed by atoms with Crippen molar-refractivity contribution in [2.45, 2.75) is 5.92 Å². The van der Waals surface area contributed by atoms with E-state index in [2.05, 4.69) is 48.7 Å². The molecule has 10 nitrogen and oxygen atoms in total. The molecule has 0 fully saturated rings. The minimum Gasteiger partial charge on any atom is -0.386 e. The van der Waals surface area contributed by atoms with Gasteiger partial charge in [-0.2, -0.15) is 0 Å². The zero-order valence-corrected chi connectivity index (χ0v) is 14.2. The van der Waals surface area contributed by atoms with E-state index in [9.17, 15) is 0 Å². The van der Waals surface area contributed by atoms with Crippen LogP contribution in [0.2, 0.25) is 0 Å². The Labute approximate surface area is 145 Å². The average molecular weight is 345 g/mol. The van der Waals surface area contributed by atoms with Crippen LogP contribution >= 0.6 is 0 Å². The maximum Gasteiger partial charge on any atom is 0.338 e. The lowest BCUT2D eigenvalue weighted by Crippen LogP contribution is -2.79. The molecular formula is C15H25N10+. The molecule has 1 unspecified atom stereocenters. The minimum atomic E-state index is -0.171. The number of aromatic amines is 2. The molecule has 2 aromatic heterocycles. The standard InChI is InChI=1S/C15H24N10/c1-8(16)20-5-4-11-13(24-9(2)23-11)10(6-21-14(17)18)12-7-22-15(19-3)25-12/h4,7,10,20,23H,1-2,5-6,16H2,3H3,(H4,17,18,21)(H2,19,22,25)/p+1/b11-4-. The lowest BCUT2D eigenvalue weighted by atomic mass is 10.0. The molecule has 2 heterocycles. The molecule has 0 spiro atoms. The Morgan fingerprint density at radius 1 is 1.40 bits per heavy atom. The van der Waals surface area contributed by atoms with Crippen molar-refractivity contribution in [1.29, 1.82) is 0 Å². The molecule has 0 aliphatic carbocycles. The number of nitrogens with zero attached hydrogens (tertiary/aromatic N) is 2. The summed E-state index contributed by atoms with van der Waals surface area (Å²) in [5.41, 5.74) is 18.8. The fourth-order valence-corrected chi connectivity index (χ4v) is 2.37. The second-order valence-electron chi connectivity index (χ2n) is 5.42. The molecule has 0 aromatic carbocycles. The Kier molecular flexibility index (Phi) is 5.66. The van der Waals surface area contributed by atoms with Gasteiger partial charge >= 0.3 is 5.96 Å². The van der Waals surface area contributed by atoms with Gasteiger partial charge in [-0.05, 0) is 6.08 Å². The summed E-state index contributed by atoms with van der Waals surface area (Å²) in [6, 6.07) is 0. The predicted molar refractivity (Wildman–Crippen MR) is 98.3 cm³/mol. The van der Waals surface area contributed by atoms with Crippen molar-refractivity contribution >= 4 is 24.6 Å². The van der Waals surface area contributed by atoms with Crippen LogP contribution in [0.4, 0.5) is 5.95 Å². The Hall–Kier alpha value is -3.43. The zero-order chi connectivity index (χ0) is 18.4. The van der Waals surface area contributed by atoms with Crippen LogP contribution in [0.15, 0.2) is 18.6 Å². The van der Waals surface area contributed by atoms with E-state index >= 15 is 0 Å².